The van der Waals surface area contributed by atoms with Crippen molar-refractivity contribution in [3.05, 3.63) is 52.2 Å². The first-order chi connectivity index (χ1) is 10.8. The second-order valence-electron chi connectivity index (χ2n) is 5.96. The molecule has 1 N–H and O–H groups in total. The van der Waals surface area contributed by atoms with Crippen molar-refractivity contribution in [3.63, 3.8) is 0 Å². The average molecular weight is 382 g/mol. The maximum Gasteiger partial charge on any atom is 0.408 e. The van der Waals surface area contributed by atoms with Crippen LogP contribution in [0.4, 0.5) is 4.79 Å². The molecule has 0 saturated heterocycles. The average Bonchev–Trinajstić information content (AvgIpc) is 2.92. The number of carbonyl (C=O) groups excluding carboxylic acids is 1. The zero-order chi connectivity index (χ0) is 17.0. The summed E-state index contributed by atoms with van der Waals surface area (Å²) in [7, 11) is 1.53. The molecule has 0 radical (unpaired) electrons. The van der Waals surface area contributed by atoms with Gasteiger partial charge in [0.2, 0.25) is 0 Å². The smallest absolute Gasteiger partial charge is 0.408 e. The van der Waals surface area contributed by atoms with E-state index in [1.807, 2.05) is 45.0 Å². The highest BCUT2D eigenvalue weighted by atomic mass is 79.9. The number of alkyl carbamates (subject to hydrolysis) is 1. The van der Waals surface area contributed by atoms with Gasteiger partial charge in [-0.2, -0.15) is 0 Å². The molecular formula is C17H20BrNO4. The third-order valence-corrected chi connectivity index (χ3v) is 3.69. The Bertz CT molecular complexity index is 675. The zero-order valence-electron chi connectivity index (χ0n) is 13.6. The third-order valence-electron chi connectivity index (χ3n) is 2.97. The van der Waals surface area contributed by atoms with Gasteiger partial charge in [-0.05, 0) is 38.5 Å². The van der Waals surface area contributed by atoms with E-state index in [-0.39, 0.29) is 0 Å². The molecule has 6 heteroatoms. The molecular weight excluding hydrogens is 362 g/mol. The van der Waals surface area contributed by atoms with Gasteiger partial charge in [0.05, 0.1) is 7.11 Å². The van der Waals surface area contributed by atoms with Crippen molar-refractivity contribution in [1.29, 1.82) is 0 Å². The Morgan fingerprint density at radius 3 is 2.48 bits per heavy atom. The van der Waals surface area contributed by atoms with Crippen molar-refractivity contribution in [2.24, 2.45) is 0 Å². The van der Waals surface area contributed by atoms with Gasteiger partial charge in [-0.1, -0.05) is 34.1 Å². The van der Waals surface area contributed by atoms with Crippen molar-refractivity contribution >= 4 is 22.0 Å². The molecule has 1 atom stereocenters. The van der Waals surface area contributed by atoms with Gasteiger partial charge in [0, 0.05) is 10.5 Å². The van der Waals surface area contributed by atoms with E-state index in [4.69, 9.17) is 13.9 Å². The van der Waals surface area contributed by atoms with Crippen LogP contribution < -0.4 is 10.1 Å². The highest BCUT2D eigenvalue weighted by Crippen LogP contribution is 2.31. The molecule has 5 nitrogen and oxygen atoms in total. The monoisotopic (exact) mass is 381 g/mol. The van der Waals surface area contributed by atoms with E-state index in [0.717, 1.165) is 10.0 Å². The summed E-state index contributed by atoms with van der Waals surface area (Å²) in [6.07, 6.45) is -0.520. The van der Waals surface area contributed by atoms with Crippen molar-refractivity contribution < 1.29 is 18.7 Å². The summed E-state index contributed by atoms with van der Waals surface area (Å²) in [5.41, 5.74) is 0.277. The van der Waals surface area contributed by atoms with Gasteiger partial charge in [-0.3, -0.25) is 0 Å². The number of rotatable bonds is 4. The van der Waals surface area contributed by atoms with Gasteiger partial charge in [-0.25, -0.2) is 4.79 Å². The highest BCUT2D eigenvalue weighted by molar-refractivity contribution is 9.10. The molecule has 0 saturated carbocycles. The summed E-state index contributed by atoms with van der Waals surface area (Å²) >= 11 is 3.50. The van der Waals surface area contributed by atoms with Crippen LogP contribution >= 0.6 is 15.9 Å². The second kappa shape index (κ2) is 7.08. The van der Waals surface area contributed by atoms with E-state index < -0.39 is 17.7 Å². The highest BCUT2D eigenvalue weighted by Gasteiger charge is 2.25. The van der Waals surface area contributed by atoms with Crippen LogP contribution in [0.3, 0.4) is 0 Å². The van der Waals surface area contributed by atoms with E-state index in [2.05, 4.69) is 21.2 Å². The largest absolute Gasteiger partial charge is 0.468 e. The molecule has 0 spiro atoms. The van der Waals surface area contributed by atoms with Crippen LogP contribution in [0, 0.1) is 0 Å². The quantitative estimate of drug-likeness (QED) is 0.835. The molecule has 124 valence electrons. The first-order valence-corrected chi connectivity index (χ1v) is 7.97. The topological polar surface area (TPSA) is 60.7 Å². The molecule has 1 unspecified atom stereocenters. The molecule has 1 aromatic heterocycles. The molecule has 1 aromatic carbocycles. The molecule has 2 aromatic rings. The van der Waals surface area contributed by atoms with Gasteiger partial charge in [0.15, 0.2) is 0 Å². The Morgan fingerprint density at radius 2 is 1.91 bits per heavy atom. The fraction of sp³-hybridized carbons (Fsp3) is 0.353. The summed E-state index contributed by atoms with van der Waals surface area (Å²) in [4.78, 5) is 12.2. The van der Waals surface area contributed by atoms with Gasteiger partial charge >= 0.3 is 6.09 Å². The third kappa shape index (κ3) is 4.76. The van der Waals surface area contributed by atoms with Gasteiger partial charge in [0.1, 0.15) is 17.4 Å². The van der Waals surface area contributed by atoms with Gasteiger partial charge < -0.3 is 19.2 Å². The summed E-state index contributed by atoms with van der Waals surface area (Å²) in [5.74, 6) is 0.933. The molecule has 0 aliphatic carbocycles. The SMILES string of the molecule is COc1ccc(C(NC(=O)OC(C)(C)C)c2ccccc2Br)o1. The molecule has 0 aliphatic rings. The number of hydrogen-bond acceptors (Lipinski definition) is 4. The number of ether oxygens (including phenoxy) is 2. The molecule has 0 bridgehead atoms. The van der Waals surface area contributed by atoms with Crippen LogP contribution in [0.15, 0.2) is 45.3 Å². The minimum Gasteiger partial charge on any atom is -0.468 e. The minimum absolute atomic E-state index is 0.378. The molecule has 23 heavy (non-hydrogen) atoms. The van der Waals surface area contributed by atoms with E-state index in [0.29, 0.717) is 11.7 Å². The molecule has 1 amide bonds. The van der Waals surface area contributed by atoms with Crippen LogP contribution in [-0.4, -0.2) is 18.8 Å². The van der Waals surface area contributed by atoms with E-state index in [1.54, 1.807) is 12.1 Å². The Kier molecular flexibility index (Phi) is 5.36. The number of methoxy groups -OCH3 is 1. The predicted molar refractivity (Wildman–Crippen MR) is 90.6 cm³/mol. The molecule has 0 aliphatic heterocycles. The number of benzene rings is 1. The maximum atomic E-state index is 12.2. The first-order valence-electron chi connectivity index (χ1n) is 7.18. The molecule has 0 fully saturated rings. The number of amides is 1. The summed E-state index contributed by atoms with van der Waals surface area (Å²) < 4.78 is 16.9. The summed E-state index contributed by atoms with van der Waals surface area (Å²) in [6.45, 7) is 5.45. The van der Waals surface area contributed by atoms with Crippen LogP contribution in [0.2, 0.25) is 0 Å². The molecule has 2 rings (SSSR count). The Morgan fingerprint density at radius 1 is 1.22 bits per heavy atom. The first kappa shape index (κ1) is 17.4. The van der Waals surface area contributed by atoms with Crippen LogP contribution in [-0.2, 0) is 4.74 Å². The van der Waals surface area contributed by atoms with E-state index >= 15 is 0 Å². The fourth-order valence-corrected chi connectivity index (χ4v) is 2.55. The number of nitrogens with one attached hydrogen (secondary N) is 1. The number of furan rings is 1. The van der Waals surface area contributed by atoms with Gasteiger partial charge in [0.25, 0.3) is 5.95 Å². The van der Waals surface area contributed by atoms with Crippen molar-refractivity contribution in [2.75, 3.05) is 7.11 Å². The second-order valence-corrected chi connectivity index (χ2v) is 6.82. The van der Waals surface area contributed by atoms with Crippen LogP contribution in [0.5, 0.6) is 5.95 Å². The normalized spacial score (nSPS) is 12.6. The van der Waals surface area contributed by atoms with Gasteiger partial charge in [-0.15, -0.1) is 0 Å². The lowest BCUT2D eigenvalue weighted by molar-refractivity contribution is 0.0506. The lowest BCUT2D eigenvalue weighted by Crippen LogP contribution is -2.35. The zero-order valence-corrected chi connectivity index (χ0v) is 15.1. The van der Waals surface area contributed by atoms with E-state index in [9.17, 15) is 4.79 Å². The van der Waals surface area contributed by atoms with Crippen LogP contribution in [0.1, 0.15) is 38.1 Å². The number of hydrogen-bond donors (Lipinski definition) is 1. The van der Waals surface area contributed by atoms with E-state index in [1.165, 1.54) is 7.11 Å². The Labute approximate surface area is 144 Å². The Balaban J connectivity index is 2.32. The lowest BCUT2D eigenvalue weighted by Gasteiger charge is -2.23. The van der Waals surface area contributed by atoms with Crippen LogP contribution in [0.25, 0.3) is 0 Å². The Hall–Kier alpha value is -1.95. The van der Waals surface area contributed by atoms with Crippen molar-refractivity contribution in [1.82, 2.24) is 5.32 Å². The standard InChI is InChI=1S/C17H20BrNO4/c1-17(2,3)23-16(20)19-15(11-7-5-6-8-12(11)18)13-9-10-14(21-4)22-13/h5-10,15H,1-4H3,(H,19,20). The summed E-state index contributed by atoms with van der Waals surface area (Å²) in [5, 5.41) is 2.84. The minimum atomic E-state index is -0.580. The fourth-order valence-electron chi connectivity index (χ4n) is 2.04. The van der Waals surface area contributed by atoms with Crippen molar-refractivity contribution in [3.8, 4) is 5.95 Å². The number of halogens is 1. The predicted octanol–water partition coefficient (Wildman–Crippen LogP) is 4.66. The maximum absolute atomic E-state index is 12.2. The molecule has 1 heterocycles. The van der Waals surface area contributed by atoms with Crippen molar-refractivity contribution in [2.45, 2.75) is 32.4 Å². The summed E-state index contributed by atoms with van der Waals surface area (Å²) in [6, 6.07) is 10.6. The number of carbonyl (C=O) groups is 1. The lowest BCUT2D eigenvalue weighted by atomic mass is 10.0.